The summed E-state index contributed by atoms with van der Waals surface area (Å²) in [7, 11) is 0. The number of aromatic nitrogens is 1. The van der Waals surface area contributed by atoms with Crippen LogP contribution in [0.25, 0.3) is 10.9 Å². The predicted molar refractivity (Wildman–Crippen MR) is 109 cm³/mol. The molecule has 0 aliphatic heterocycles. The number of aliphatic carboxylic acids is 1. The Hall–Kier alpha value is -3.00. The summed E-state index contributed by atoms with van der Waals surface area (Å²) in [4.78, 5) is 25.3. The third-order valence-corrected chi connectivity index (χ3v) is 5.49. The highest BCUT2D eigenvalue weighted by Gasteiger charge is 2.39. The maximum atomic E-state index is 15.0. The van der Waals surface area contributed by atoms with E-state index in [1.54, 1.807) is 20.8 Å². The van der Waals surface area contributed by atoms with Gasteiger partial charge in [0, 0.05) is 22.7 Å². The molecule has 1 heterocycles. The van der Waals surface area contributed by atoms with Crippen LogP contribution in [0.4, 0.5) is 13.2 Å². The van der Waals surface area contributed by atoms with E-state index in [-0.39, 0.29) is 32.7 Å². The molecule has 0 saturated carbocycles. The smallest absolute Gasteiger partial charge is 0.311 e. The topological polar surface area (TPSA) is 79.5 Å². The van der Waals surface area contributed by atoms with Crippen LogP contribution in [0.2, 0.25) is 5.02 Å². The molecule has 0 bridgehead atoms. The van der Waals surface area contributed by atoms with Gasteiger partial charge in [-0.25, -0.2) is 13.2 Å². The molecule has 3 rings (SSSR count). The summed E-state index contributed by atoms with van der Waals surface area (Å²) >= 11 is 5.66. The van der Waals surface area contributed by atoms with Crippen LogP contribution in [0.15, 0.2) is 24.3 Å². The second kappa shape index (κ2) is 7.60. The van der Waals surface area contributed by atoms with Gasteiger partial charge in [0.15, 0.2) is 17.4 Å². The minimum absolute atomic E-state index is 0.0292. The van der Waals surface area contributed by atoms with E-state index in [9.17, 15) is 28.6 Å². The molecule has 0 fully saturated rings. The first kappa shape index (κ1) is 22.7. The number of hydrogen-bond donors (Lipinski definition) is 2. The molecule has 1 atom stereocenters. The van der Waals surface area contributed by atoms with E-state index in [2.05, 4.69) is 0 Å². The van der Waals surface area contributed by atoms with Gasteiger partial charge in [-0.15, -0.1) is 0 Å². The van der Waals surface area contributed by atoms with Crippen molar-refractivity contribution >= 4 is 34.4 Å². The van der Waals surface area contributed by atoms with Crippen molar-refractivity contribution in [3.05, 3.63) is 63.6 Å². The number of nitrogens with zero attached hydrogens (tertiary/aromatic N) is 1. The number of fused-ring (bicyclic) bond motifs is 1. The molecule has 31 heavy (non-hydrogen) atoms. The largest absolute Gasteiger partial charge is 0.503 e. The van der Waals surface area contributed by atoms with Gasteiger partial charge in [-0.3, -0.25) is 14.2 Å². The van der Waals surface area contributed by atoms with Crippen LogP contribution in [0.5, 0.6) is 5.75 Å². The van der Waals surface area contributed by atoms with Crippen molar-refractivity contribution in [1.29, 1.82) is 0 Å². The van der Waals surface area contributed by atoms with Gasteiger partial charge in [-0.05, 0) is 36.1 Å². The van der Waals surface area contributed by atoms with E-state index >= 15 is 4.39 Å². The predicted octanol–water partition coefficient (Wildman–Crippen LogP) is 5.63. The average Bonchev–Trinajstić information content (AvgIpc) is 2.92. The molecular formula is C22H19ClF3NO4. The molecule has 2 aromatic carbocycles. The SMILES string of the molecule is Cc1c(C(C(=O)O)C(C)(C)C)c2c(F)c(O)c(F)cc2n1C(=O)c1ccc(Cl)c(F)c1. The normalized spacial score (nSPS) is 12.9. The molecule has 0 saturated heterocycles. The molecule has 1 aromatic heterocycles. The summed E-state index contributed by atoms with van der Waals surface area (Å²) in [5.41, 5.74) is -1.42. The van der Waals surface area contributed by atoms with Gasteiger partial charge in [0.05, 0.1) is 16.5 Å². The number of benzene rings is 2. The fourth-order valence-electron chi connectivity index (χ4n) is 3.81. The van der Waals surface area contributed by atoms with Gasteiger partial charge in [-0.1, -0.05) is 32.4 Å². The number of phenolic OH excluding ortho intramolecular Hbond substituents is 1. The summed E-state index contributed by atoms with van der Waals surface area (Å²) in [6.45, 7) is 6.24. The fraction of sp³-hybridized carbons (Fsp3) is 0.273. The van der Waals surface area contributed by atoms with Crippen molar-refractivity contribution in [3.8, 4) is 5.75 Å². The van der Waals surface area contributed by atoms with Crippen LogP contribution >= 0.6 is 11.6 Å². The fourth-order valence-corrected chi connectivity index (χ4v) is 3.93. The van der Waals surface area contributed by atoms with Crippen molar-refractivity contribution in [2.45, 2.75) is 33.6 Å². The molecule has 0 radical (unpaired) electrons. The number of phenols is 1. The highest BCUT2D eigenvalue weighted by Crippen LogP contribution is 2.44. The maximum absolute atomic E-state index is 15.0. The molecule has 0 spiro atoms. The van der Waals surface area contributed by atoms with Crippen LogP contribution in [0.1, 0.15) is 48.3 Å². The van der Waals surface area contributed by atoms with Crippen LogP contribution in [-0.2, 0) is 4.79 Å². The lowest BCUT2D eigenvalue weighted by Gasteiger charge is -2.28. The molecule has 2 N–H and O–H groups in total. The van der Waals surface area contributed by atoms with Gasteiger partial charge in [0.2, 0.25) is 0 Å². The highest BCUT2D eigenvalue weighted by molar-refractivity contribution is 6.30. The maximum Gasteiger partial charge on any atom is 0.311 e. The Balaban J connectivity index is 2.46. The van der Waals surface area contributed by atoms with E-state index in [1.165, 1.54) is 13.0 Å². The van der Waals surface area contributed by atoms with Gasteiger partial charge < -0.3 is 10.2 Å². The van der Waals surface area contributed by atoms with Crippen molar-refractivity contribution in [2.24, 2.45) is 5.41 Å². The van der Waals surface area contributed by atoms with Gasteiger partial charge in [-0.2, -0.15) is 0 Å². The molecule has 0 amide bonds. The average molecular weight is 454 g/mol. The lowest BCUT2D eigenvalue weighted by molar-refractivity contribution is -0.141. The Morgan fingerprint density at radius 1 is 1.10 bits per heavy atom. The molecule has 9 heteroatoms. The van der Waals surface area contributed by atoms with Gasteiger partial charge >= 0.3 is 5.97 Å². The summed E-state index contributed by atoms with van der Waals surface area (Å²) < 4.78 is 44.1. The Kier molecular flexibility index (Phi) is 5.56. The number of halogens is 4. The number of aromatic hydroxyl groups is 1. The van der Waals surface area contributed by atoms with Crippen LogP contribution < -0.4 is 0 Å². The highest BCUT2D eigenvalue weighted by atomic mass is 35.5. The zero-order valence-electron chi connectivity index (χ0n) is 17.1. The standard InChI is InChI=1S/C22H19ClF3NO4/c1-9-15(17(21(30)31)22(2,3)4)16-14(8-13(25)19(28)18(16)26)27(9)20(29)10-5-6-11(23)12(24)7-10/h5-8,17,28H,1-4H3,(H,30,31). The third kappa shape index (κ3) is 3.65. The molecule has 0 aliphatic carbocycles. The van der Waals surface area contributed by atoms with Gasteiger partial charge in [0.1, 0.15) is 5.82 Å². The first-order valence-corrected chi connectivity index (χ1v) is 9.59. The number of hydrogen-bond acceptors (Lipinski definition) is 3. The van der Waals surface area contributed by atoms with Crippen molar-refractivity contribution in [2.75, 3.05) is 0 Å². The summed E-state index contributed by atoms with van der Waals surface area (Å²) in [6, 6.07) is 4.02. The summed E-state index contributed by atoms with van der Waals surface area (Å²) in [6.07, 6.45) is 0. The number of carboxylic acid groups (broad SMARTS) is 1. The van der Waals surface area contributed by atoms with E-state index < -0.39 is 46.4 Å². The minimum Gasteiger partial charge on any atom is -0.503 e. The first-order valence-electron chi connectivity index (χ1n) is 9.21. The number of carbonyl (C=O) groups excluding carboxylic acids is 1. The van der Waals surface area contributed by atoms with Crippen molar-refractivity contribution < 1.29 is 33.0 Å². The number of carbonyl (C=O) groups is 2. The third-order valence-electron chi connectivity index (χ3n) is 5.18. The van der Waals surface area contributed by atoms with Crippen LogP contribution in [0.3, 0.4) is 0 Å². The molecular weight excluding hydrogens is 435 g/mol. The van der Waals surface area contributed by atoms with Crippen LogP contribution in [-0.4, -0.2) is 26.7 Å². The van der Waals surface area contributed by atoms with Crippen molar-refractivity contribution in [3.63, 3.8) is 0 Å². The van der Waals surface area contributed by atoms with E-state index in [1.807, 2.05) is 0 Å². The Morgan fingerprint density at radius 2 is 1.71 bits per heavy atom. The minimum atomic E-state index is -1.38. The second-order valence-electron chi connectivity index (χ2n) is 8.32. The zero-order valence-corrected chi connectivity index (χ0v) is 17.8. The van der Waals surface area contributed by atoms with Crippen LogP contribution in [0, 0.1) is 29.8 Å². The Bertz CT molecular complexity index is 1240. The zero-order chi connectivity index (χ0) is 23.4. The summed E-state index contributed by atoms with van der Waals surface area (Å²) in [5, 5.41) is 19.1. The molecule has 0 aliphatic rings. The summed E-state index contributed by atoms with van der Waals surface area (Å²) in [5.74, 6) is -8.28. The molecule has 1 unspecified atom stereocenters. The van der Waals surface area contributed by atoms with Gasteiger partial charge in [0.25, 0.3) is 5.91 Å². The Morgan fingerprint density at radius 3 is 2.23 bits per heavy atom. The molecule has 5 nitrogen and oxygen atoms in total. The second-order valence-corrected chi connectivity index (χ2v) is 8.73. The van der Waals surface area contributed by atoms with E-state index in [4.69, 9.17) is 11.6 Å². The monoisotopic (exact) mass is 453 g/mol. The Labute approximate surface area is 180 Å². The van der Waals surface area contributed by atoms with E-state index in [0.29, 0.717) is 0 Å². The lowest BCUT2D eigenvalue weighted by atomic mass is 9.75. The molecule has 164 valence electrons. The molecule has 3 aromatic rings. The number of carboxylic acids is 1. The quantitative estimate of drug-likeness (QED) is 0.538. The lowest BCUT2D eigenvalue weighted by Crippen LogP contribution is -2.27. The first-order chi connectivity index (χ1) is 14.3. The van der Waals surface area contributed by atoms with E-state index in [0.717, 1.165) is 22.8 Å². The van der Waals surface area contributed by atoms with Crippen molar-refractivity contribution in [1.82, 2.24) is 4.57 Å². The number of rotatable bonds is 3.